The predicted octanol–water partition coefficient (Wildman–Crippen LogP) is 1.75. The third kappa shape index (κ3) is 2.46. The van der Waals surface area contributed by atoms with Crippen LogP contribution >= 0.6 is 0 Å². The summed E-state index contributed by atoms with van der Waals surface area (Å²) in [5.74, 6) is -1.22. The second-order valence-corrected chi connectivity index (χ2v) is 4.56. The molecule has 0 saturated carbocycles. The van der Waals surface area contributed by atoms with Gasteiger partial charge in [0.1, 0.15) is 0 Å². The minimum absolute atomic E-state index is 0.0422. The maximum absolute atomic E-state index is 10.8. The van der Waals surface area contributed by atoms with E-state index >= 15 is 0 Å². The van der Waals surface area contributed by atoms with E-state index in [0.717, 1.165) is 5.56 Å². The van der Waals surface area contributed by atoms with Crippen molar-refractivity contribution in [3.63, 3.8) is 0 Å². The number of rotatable bonds is 2. The normalized spacial score (nSPS) is 11.1. The zero-order chi connectivity index (χ0) is 11.6. The Morgan fingerprint density at radius 3 is 2.27 bits per heavy atom. The van der Waals surface area contributed by atoms with Gasteiger partial charge < -0.3 is 9.90 Å². The van der Waals surface area contributed by atoms with Gasteiger partial charge in [-0.2, -0.15) is 0 Å². The number of carboxylic acids is 1. The molecule has 0 fully saturated rings. The molecule has 80 valence electrons. The zero-order valence-corrected chi connectivity index (χ0v) is 9.33. The summed E-state index contributed by atoms with van der Waals surface area (Å²) in [7, 11) is 0. The fourth-order valence-corrected chi connectivity index (χ4v) is 1.51. The molecule has 0 aromatic heterocycles. The molecule has 0 saturated heterocycles. The first-order valence-electron chi connectivity index (χ1n) is 4.84. The Kier molecular flexibility index (Phi) is 2.98. The molecule has 0 aliphatic heterocycles. The Morgan fingerprint density at radius 1 is 1.27 bits per heavy atom. The highest BCUT2D eigenvalue weighted by atomic mass is 16.4. The van der Waals surface area contributed by atoms with E-state index in [0.29, 0.717) is 5.56 Å². The Balaban J connectivity index is 3.31. The Bertz CT molecular complexity index is 397. The number of hydrogen-bond donors (Lipinski definition) is 0. The summed E-state index contributed by atoms with van der Waals surface area (Å²) in [6.07, 6.45) is 0. The molecule has 0 aliphatic rings. The smallest absolute Gasteiger partial charge is 0.0715 e. The van der Waals surface area contributed by atoms with Crippen molar-refractivity contribution in [2.45, 2.75) is 26.2 Å². The predicted molar refractivity (Wildman–Crippen MR) is 59.2 cm³/mol. The van der Waals surface area contributed by atoms with Crippen LogP contribution in [0.2, 0.25) is 0 Å². The van der Waals surface area contributed by atoms with Crippen LogP contribution in [0.5, 0.6) is 0 Å². The van der Waals surface area contributed by atoms with Crippen LogP contribution in [0.25, 0.3) is 5.57 Å². The van der Waals surface area contributed by atoms with Gasteiger partial charge in [0, 0.05) is 0 Å². The summed E-state index contributed by atoms with van der Waals surface area (Å²) in [5, 5.41) is 10.8. The average molecular weight is 203 g/mol. The van der Waals surface area contributed by atoms with Crippen molar-refractivity contribution in [3.8, 4) is 0 Å². The number of carbonyl (C=O) groups is 1. The molecule has 1 aromatic carbocycles. The summed E-state index contributed by atoms with van der Waals surface area (Å²) in [6, 6.07) is 7.38. The van der Waals surface area contributed by atoms with Crippen molar-refractivity contribution < 1.29 is 9.90 Å². The fraction of sp³-hybridized carbons (Fsp3) is 0.308. The molecule has 0 heterocycles. The largest absolute Gasteiger partial charge is 0.545 e. The quantitative estimate of drug-likeness (QED) is 0.687. The minimum atomic E-state index is -1.22. The van der Waals surface area contributed by atoms with Crippen molar-refractivity contribution in [2.24, 2.45) is 0 Å². The van der Waals surface area contributed by atoms with Crippen LogP contribution in [0.3, 0.4) is 0 Å². The summed E-state index contributed by atoms with van der Waals surface area (Å²) in [4.78, 5) is 10.8. The number of benzene rings is 1. The molecular weight excluding hydrogens is 188 g/mol. The monoisotopic (exact) mass is 203 g/mol. The second kappa shape index (κ2) is 3.89. The van der Waals surface area contributed by atoms with Crippen LogP contribution in [0.15, 0.2) is 30.8 Å². The summed E-state index contributed by atoms with van der Waals surface area (Å²) in [5.41, 5.74) is 1.57. The number of hydrogen-bond acceptors (Lipinski definition) is 2. The number of aliphatic carboxylic acids is 1. The highest BCUT2D eigenvalue weighted by Gasteiger charge is 2.18. The van der Waals surface area contributed by atoms with Crippen LogP contribution in [-0.2, 0) is 10.2 Å². The molecule has 0 amide bonds. The maximum atomic E-state index is 10.8. The van der Waals surface area contributed by atoms with Crippen molar-refractivity contribution >= 4 is 11.5 Å². The van der Waals surface area contributed by atoms with Crippen LogP contribution in [0.1, 0.15) is 31.9 Å². The standard InChI is InChI=1S/C13H16O2/c1-9(12(14)15)10-7-5-6-8-11(10)13(2,3)4/h5-8H,1H2,2-4H3,(H,14,15)/p-1. The first-order valence-corrected chi connectivity index (χ1v) is 4.84. The molecule has 1 aromatic rings. The van der Waals surface area contributed by atoms with E-state index in [4.69, 9.17) is 0 Å². The Labute approximate surface area is 90.3 Å². The van der Waals surface area contributed by atoms with E-state index in [2.05, 4.69) is 6.58 Å². The summed E-state index contributed by atoms with van der Waals surface area (Å²) >= 11 is 0. The average Bonchev–Trinajstić information content (AvgIpc) is 2.15. The van der Waals surface area contributed by atoms with Gasteiger partial charge >= 0.3 is 0 Å². The van der Waals surface area contributed by atoms with Gasteiger partial charge in [0.25, 0.3) is 0 Å². The van der Waals surface area contributed by atoms with E-state index in [-0.39, 0.29) is 11.0 Å². The second-order valence-electron chi connectivity index (χ2n) is 4.56. The summed E-state index contributed by atoms with van der Waals surface area (Å²) in [6.45, 7) is 9.64. The van der Waals surface area contributed by atoms with Gasteiger partial charge in [-0.1, -0.05) is 51.6 Å². The molecule has 0 N–H and O–H groups in total. The molecule has 0 radical (unpaired) electrons. The van der Waals surface area contributed by atoms with Gasteiger partial charge in [0.2, 0.25) is 0 Å². The molecule has 15 heavy (non-hydrogen) atoms. The van der Waals surface area contributed by atoms with Crippen molar-refractivity contribution in [1.29, 1.82) is 0 Å². The van der Waals surface area contributed by atoms with Gasteiger partial charge in [0.15, 0.2) is 0 Å². The van der Waals surface area contributed by atoms with Crippen LogP contribution in [0, 0.1) is 0 Å². The van der Waals surface area contributed by atoms with E-state index < -0.39 is 5.97 Å². The van der Waals surface area contributed by atoms with E-state index in [9.17, 15) is 9.90 Å². The summed E-state index contributed by atoms with van der Waals surface area (Å²) < 4.78 is 0. The third-order valence-electron chi connectivity index (χ3n) is 2.31. The first kappa shape index (κ1) is 11.5. The van der Waals surface area contributed by atoms with Gasteiger partial charge in [-0.05, 0) is 22.1 Å². The van der Waals surface area contributed by atoms with E-state index in [1.165, 1.54) is 0 Å². The minimum Gasteiger partial charge on any atom is -0.545 e. The fourth-order valence-electron chi connectivity index (χ4n) is 1.51. The number of carbonyl (C=O) groups excluding carboxylic acids is 1. The lowest BCUT2D eigenvalue weighted by Crippen LogP contribution is -2.25. The van der Waals surface area contributed by atoms with Gasteiger partial charge in [-0.3, -0.25) is 0 Å². The van der Waals surface area contributed by atoms with Crippen LogP contribution in [0.4, 0.5) is 0 Å². The lowest BCUT2D eigenvalue weighted by Gasteiger charge is -2.24. The third-order valence-corrected chi connectivity index (χ3v) is 2.31. The lowest BCUT2D eigenvalue weighted by molar-refractivity contribution is -0.295. The highest BCUT2D eigenvalue weighted by Crippen LogP contribution is 2.29. The van der Waals surface area contributed by atoms with Gasteiger partial charge in [0.05, 0.1) is 5.97 Å². The van der Waals surface area contributed by atoms with Crippen molar-refractivity contribution in [1.82, 2.24) is 0 Å². The SMILES string of the molecule is C=C(C(=O)[O-])c1ccccc1C(C)(C)C. The lowest BCUT2D eigenvalue weighted by atomic mass is 9.82. The molecule has 0 spiro atoms. The molecular formula is C13H15O2-. The van der Waals surface area contributed by atoms with Crippen molar-refractivity contribution in [2.75, 3.05) is 0 Å². The maximum Gasteiger partial charge on any atom is 0.0715 e. The molecule has 2 heteroatoms. The molecule has 0 atom stereocenters. The molecule has 0 bridgehead atoms. The molecule has 0 aliphatic carbocycles. The zero-order valence-electron chi connectivity index (χ0n) is 9.33. The van der Waals surface area contributed by atoms with Crippen molar-refractivity contribution in [3.05, 3.63) is 42.0 Å². The Morgan fingerprint density at radius 2 is 1.80 bits per heavy atom. The highest BCUT2D eigenvalue weighted by molar-refractivity contribution is 6.13. The van der Waals surface area contributed by atoms with Crippen LogP contribution in [-0.4, -0.2) is 5.97 Å². The molecule has 1 rings (SSSR count). The Hall–Kier alpha value is -1.57. The number of carboxylic acid groups (broad SMARTS) is 1. The van der Waals surface area contributed by atoms with E-state index in [1.54, 1.807) is 12.1 Å². The van der Waals surface area contributed by atoms with Gasteiger partial charge in [-0.25, -0.2) is 0 Å². The molecule has 2 nitrogen and oxygen atoms in total. The molecule has 0 unspecified atom stereocenters. The van der Waals surface area contributed by atoms with Gasteiger partial charge in [-0.15, -0.1) is 0 Å². The topological polar surface area (TPSA) is 40.1 Å². The first-order chi connectivity index (χ1) is 6.84. The van der Waals surface area contributed by atoms with Crippen LogP contribution < -0.4 is 5.11 Å². The van der Waals surface area contributed by atoms with E-state index in [1.807, 2.05) is 32.9 Å².